The molecule has 1 aliphatic rings. The van der Waals surface area contributed by atoms with Crippen LogP contribution >= 0.6 is 22.6 Å². The SMILES string of the molecule is CC1(CNc2c(I)cnc3cnccc23)COC(C)(C)OC1. The Bertz CT molecular complexity index is 680. The first-order valence-electron chi connectivity index (χ1n) is 7.29. The van der Waals surface area contributed by atoms with Crippen molar-refractivity contribution in [3.8, 4) is 0 Å². The van der Waals surface area contributed by atoms with E-state index in [4.69, 9.17) is 9.47 Å². The summed E-state index contributed by atoms with van der Waals surface area (Å²) in [6, 6.07) is 1.99. The molecule has 0 radical (unpaired) electrons. The summed E-state index contributed by atoms with van der Waals surface area (Å²) >= 11 is 2.30. The molecular formula is C16H20IN3O2. The zero-order valence-electron chi connectivity index (χ0n) is 13.0. The van der Waals surface area contributed by atoms with Gasteiger partial charge in [0.05, 0.1) is 34.2 Å². The minimum Gasteiger partial charge on any atom is -0.383 e. The number of ether oxygens (including phenoxy) is 2. The van der Waals surface area contributed by atoms with Gasteiger partial charge < -0.3 is 14.8 Å². The van der Waals surface area contributed by atoms with E-state index in [1.54, 1.807) is 12.4 Å². The first-order chi connectivity index (χ1) is 10.4. The van der Waals surface area contributed by atoms with E-state index in [0.29, 0.717) is 13.2 Å². The number of rotatable bonds is 3. The van der Waals surface area contributed by atoms with Gasteiger partial charge in [0, 0.05) is 29.7 Å². The first kappa shape index (κ1) is 15.9. The van der Waals surface area contributed by atoms with Crippen molar-refractivity contribution in [2.24, 2.45) is 5.41 Å². The molecule has 2 aromatic rings. The largest absolute Gasteiger partial charge is 0.383 e. The van der Waals surface area contributed by atoms with Crippen LogP contribution in [0.1, 0.15) is 20.8 Å². The molecule has 1 N–H and O–H groups in total. The second kappa shape index (κ2) is 5.90. The predicted octanol–water partition coefficient (Wildman–Crippen LogP) is 3.44. The number of anilines is 1. The Morgan fingerprint density at radius 3 is 2.68 bits per heavy atom. The van der Waals surface area contributed by atoms with Crippen molar-refractivity contribution in [3.63, 3.8) is 0 Å². The minimum absolute atomic E-state index is 0.0543. The number of halogens is 1. The summed E-state index contributed by atoms with van der Waals surface area (Å²) < 4.78 is 12.7. The maximum atomic E-state index is 5.80. The number of hydrogen-bond donors (Lipinski definition) is 1. The van der Waals surface area contributed by atoms with Crippen LogP contribution in [0.5, 0.6) is 0 Å². The molecule has 6 heteroatoms. The van der Waals surface area contributed by atoms with E-state index in [1.807, 2.05) is 26.1 Å². The fourth-order valence-electron chi connectivity index (χ4n) is 2.38. The van der Waals surface area contributed by atoms with Gasteiger partial charge in [-0.3, -0.25) is 9.97 Å². The highest BCUT2D eigenvalue weighted by Gasteiger charge is 2.36. The summed E-state index contributed by atoms with van der Waals surface area (Å²) in [6.07, 6.45) is 5.45. The monoisotopic (exact) mass is 413 g/mol. The topological polar surface area (TPSA) is 56.3 Å². The van der Waals surface area contributed by atoms with E-state index < -0.39 is 5.79 Å². The van der Waals surface area contributed by atoms with Gasteiger partial charge >= 0.3 is 0 Å². The van der Waals surface area contributed by atoms with E-state index in [0.717, 1.165) is 26.7 Å². The second-order valence-electron chi connectivity index (χ2n) is 6.52. The van der Waals surface area contributed by atoms with E-state index in [2.05, 4.69) is 44.8 Å². The van der Waals surface area contributed by atoms with Crippen molar-refractivity contribution in [2.45, 2.75) is 26.6 Å². The third-order valence-corrected chi connectivity index (χ3v) is 4.67. The van der Waals surface area contributed by atoms with E-state index in [1.165, 1.54) is 0 Å². The van der Waals surface area contributed by atoms with Crippen LogP contribution in [0.25, 0.3) is 10.9 Å². The van der Waals surface area contributed by atoms with Crippen LogP contribution < -0.4 is 5.32 Å². The fraction of sp³-hybridized carbons (Fsp3) is 0.500. The molecule has 0 amide bonds. The normalized spacial score (nSPS) is 20.0. The standard InChI is InChI=1S/C16H20IN3O2/c1-15(2)21-9-16(3,10-22-15)8-20-14-11-4-5-18-7-13(11)19-6-12(14)17/h4-7H,8-10H2,1-3H3,(H,19,20). The summed E-state index contributed by atoms with van der Waals surface area (Å²) in [7, 11) is 0. The highest BCUT2D eigenvalue weighted by molar-refractivity contribution is 14.1. The highest BCUT2D eigenvalue weighted by atomic mass is 127. The minimum atomic E-state index is -0.483. The van der Waals surface area contributed by atoms with Gasteiger partial charge in [0.25, 0.3) is 0 Å². The van der Waals surface area contributed by atoms with Gasteiger partial charge in [-0.15, -0.1) is 0 Å². The Kier molecular flexibility index (Phi) is 4.26. The van der Waals surface area contributed by atoms with Gasteiger partial charge in [-0.05, 0) is 42.5 Å². The van der Waals surface area contributed by atoms with Crippen molar-refractivity contribution in [1.29, 1.82) is 0 Å². The van der Waals surface area contributed by atoms with Gasteiger partial charge in [0.1, 0.15) is 0 Å². The Morgan fingerprint density at radius 1 is 1.23 bits per heavy atom. The number of pyridine rings is 2. The van der Waals surface area contributed by atoms with Gasteiger partial charge in [0.2, 0.25) is 0 Å². The molecule has 0 atom stereocenters. The van der Waals surface area contributed by atoms with Gasteiger partial charge in [-0.2, -0.15) is 0 Å². The molecule has 0 saturated carbocycles. The van der Waals surface area contributed by atoms with Crippen LogP contribution in [0.2, 0.25) is 0 Å². The Balaban J connectivity index is 1.78. The van der Waals surface area contributed by atoms with Crippen LogP contribution in [0, 0.1) is 8.99 Å². The molecule has 3 heterocycles. The molecule has 5 nitrogen and oxygen atoms in total. The number of hydrogen-bond acceptors (Lipinski definition) is 5. The molecule has 0 aromatic carbocycles. The molecule has 1 fully saturated rings. The number of aromatic nitrogens is 2. The molecule has 0 unspecified atom stereocenters. The molecule has 0 aliphatic carbocycles. The third-order valence-electron chi connectivity index (χ3n) is 3.85. The first-order valence-corrected chi connectivity index (χ1v) is 8.37. The molecular weight excluding hydrogens is 393 g/mol. The van der Waals surface area contributed by atoms with Crippen molar-refractivity contribution >= 4 is 39.2 Å². The highest BCUT2D eigenvalue weighted by Crippen LogP contribution is 2.32. The zero-order valence-corrected chi connectivity index (χ0v) is 15.2. The Morgan fingerprint density at radius 2 is 1.95 bits per heavy atom. The number of nitrogens with one attached hydrogen (secondary N) is 1. The van der Waals surface area contributed by atoms with Crippen molar-refractivity contribution < 1.29 is 9.47 Å². The van der Waals surface area contributed by atoms with E-state index in [9.17, 15) is 0 Å². The van der Waals surface area contributed by atoms with E-state index in [-0.39, 0.29) is 5.41 Å². The molecule has 22 heavy (non-hydrogen) atoms. The lowest BCUT2D eigenvalue weighted by Crippen LogP contribution is -2.48. The molecule has 0 bridgehead atoms. The average molecular weight is 413 g/mol. The molecule has 1 saturated heterocycles. The quantitative estimate of drug-likeness (QED) is 0.782. The molecule has 118 valence electrons. The van der Waals surface area contributed by atoms with Crippen molar-refractivity contribution in [3.05, 3.63) is 28.2 Å². The van der Waals surface area contributed by atoms with Gasteiger partial charge in [0.15, 0.2) is 5.79 Å². The van der Waals surface area contributed by atoms with Crippen molar-refractivity contribution in [1.82, 2.24) is 9.97 Å². The fourth-order valence-corrected chi connectivity index (χ4v) is 3.00. The van der Waals surface area contributed by atoms with Gasteiger partial charge in [-0.25, -0.2) is 0 Å². The number of fused-ring (bicyclic) bond motifs is 1. The second-order valence-corrected chi connectivity index (χ2v) is 7.68. The van der Waals surface area contributed by atoms with Crippen LogP contribution in [0.4, 0.5) is 5.69 Å². The smallest absolute Gasteiger partial charge is 0.162 e. The summed E-state index contributed by atoms with van der Waals surface area (Å²) in [5.41, 5.74) is 1.94. The van der Waals surface area contributed by atoms with E-state index >= 15 is 0 Å². The predicted molar refractivity (Wildman–Crippen MR) is 94.8 cm³/mol. The van der Waals surface area contributed by atoms with Crippen LogP contribution in [-0.2, 0) is 9.47 Å². The average Bonchev–Trinajstić information content (AvgIpc) is 2.50. The summed E-state index contributed by atoms with van der Waals surface area (Å²) in [4.78, 5) is 8.54. The van der Waals surface area contributed by atoms with Crippen LogP contribution in [0.3, 0.4) is 0 Å². The summed E-state index contributed by atoms with van der Waals surface area (Å²) in [5.74, 6) is -0.483. The molecule has 1 aliphatic heterocycles. The molecule has 2 aromatic heterocycles. The van der Waals surface area contributed by atoms with Gasteiger partial charge in [-0.1, -0.05) is 6.92 Å². The lowest BCUT2D eigenvalue weighted by molar-refractivity contribution is -0.279. The lowest BCUT2D eigenvalue weighted by atomic mass is 9.91. The van der Waals surface area contributed by atoms with Crippen LogP contribution in [0.15, 0.2) is 24.7 Å². The zero-order chi connectivity index (χ0) is 15.8. The summed E-state index contributed by atoms with van der Waals surface area (Å²) in [5, 5.41) is 4.64. The maximum Gasteiger partial charge on any atom is 0.162 e. The lowest BCUT2D eigenvalue weighted by Gasteiger charge is -2.41. The Labute approximate surface area is 144 Å². The number of nitrogens with zero attached hydrogens (tertiary/aromatic N) is 2. The van der Waals surface area contributed by atoms with Crippen LogP contribution in [-0.4, -0.2) is 35.5 Å². The third kappa shape index (κ3) is 3.33. The molecule has 0 spiro atoms. The summed E-state index contributed by atoms with van der Waals surface area (Å²) in [6.45, 7) is 8.20. The van der Waals surface area contributed by atoms with Crippen molar-refractivity contribution in [2.75, 3.05) is 25.1 Å². The Hall–Kier alpha value is -0.990. The molecule has 3 rings (SSSR count). The maximum absolute atomic E-state index is 5.80.